The summed E-state index contributed by atoms with van der Waals surface area (Å²) in [6.45, 7) is 12.1. The molecule has 1 aromatic heterocycles. The minimum atomic E-state index is -0.0587. The van der Waals surface area contributed by atoms with Gasteiger partial charge < -0.3 is 10.2 Å². The lowest BCUT2D eigenvalue weighted by atomic mass is 9.85. The first-order chi connectivity index (χ1) is 14.7. The highest BCUT2D eigenvalue weighted by molar-refractivity contribution is 5.94. The van der Waals surface area contributed by atoms with Crippen molar-refractivity contribution in [3.8, 4) is 0 Å². The van der Waals surface area contributed by atoms with Crippen molar-refractivity contribution < 1.29 is 9.59 Å². The number of piperidine rings is 1. The van der Waals surface area contributed by atoms with E-state index in [1.807, 2.05) is 4.90 Å². The van der Waals surface area contributed by atoms with Gasteiger partial charge in [0.2, 0.25) is 5.91 Å². The largest absolute Gasteiger partial charge is 0.349 e. The van der Waals surface area contributed by atoms with Crippen LogP contribution in [-0.4, -0.2) is 34.8 Å². The monoisotopic (exact) mass is 421 g/mol. The number of nitrogens with one attached hydrogen (secondary N) is 1. The topological polar surface area (TPSA) is 62.3 Å². The number of aromatic nitrogens is 1. The van der Waals surface area contributed by atoms with Crippen LogP contribution in [0.3, 0.4) is 0 Å². The fourth-order valence-electron chi connectivity index (χ4n) is 4.12. The average molecular weight is 422 g/mol. The van der Waals surface area contributed by atoms with Gasteiger partial charge in [-0.1, -0.05) is 58.9 Å². The summed E-state index contributed by atoms with van der Waals surface area (Å²) in [5.74, 6) is 0.337. The van der Waals surface area contributed by atoms with Gasteiger partial charge >= 0.3 is 0 Å². The van der Waals surface area contributed by atoms with Crippen molar-refractivity contribution in [3.63, 3.8) is 0 Å². The van der Waals surface area contributed by atoms with E-state index in [9.17, 15) is 9.59 Å². The Morgan fingerprint density at radius 3 is 2.10 bits per heavy atom. The number of benzene rings is 1. The number of hydrogen-bond donors (Lipinski definition) is 1. The van der Waals surface area contributed by atoms with Crippen molar-refractivity contribution in [2.24, 2.45) is 11.8 Å². The molecular weight excluding hydrogens is 386 g/mol. The van der Waals surface area contributed by atoms with E-state index in [0.717, 1.165) is 5.56 Å². The lowest BCUT2D eigenvalue weighted by Crippen LogP contribution is -2.44. The molecule has 31 heavy (non-hydrogen) atoms. The quantitative estimate of drug-likeness (QED) is 0.758. The Labute approximate surface area is 186 Å². The SMILES string of the molecule is CC(C)[C@H](NC(=O)C1CCN(C(=O)c2ccncc2)CC1)c1ccc(C(C)(C)C)cc1. The summed E-state index contributed by atoms with van der Waals surface area (Å²) in [4.78, 5) is 31.5. The van der Waals surface area contributed by atoms with Gasteiger partial charge in [0.15, 0.2) is 0 Å². The zero-order chi connectivity index (χ0) is 22.6. The summed E-state index contributed by atoms with van der Waals surface area (Å²) in [5, 5.41) is 3.29. The van der Waals surface area contributed by atoms with Crippen LogP contribution in [0.25, 0.3) is 0 Å². The van der Waals surface area contributed by atoms with E-state index in [4.69, 9.17) is 0 Å². The summed E-state index contributed by atoms with van der Waals surface area (Å²) in [6.07, 6.45) is 4.65. The molecule has 1 fully saturated rings. The van der Waals surface area contributed by atoms with Crippen molar-refractivity contribution in [3.05, 3.63) is 65.5 Å². The predicted octanol–water partition coefficient (Wildman–Crippen LogP) is 4.74. The molecule has 0 spiro atoms. The minimum absolute atomic E-state index is 0.0141. The molecule has 0 radical (unpaired) electrons. The van der Waals surface area contributed by atoms with E-state index >= 15 is 0 Å². The number of rotatable bonds is 5. The smallest absolute Gasteiger partial charge is 0.253 e. The number of carbonyl (C=O) groups is 2. The van der Waals surface area contributed by atoms with Gasteiger partial charge in [-0.2, -0.15) is 0 Å². The van der Waals surface area contributed by atoms with Crippen LogP contribution in [0, 0.1) is 11.8 Å². The molecule has 1 atom stereocenters. The van der Waals surface area contributed by atoms with E-state index in [1.165, 1.54) is 5.56 Å². The molecule has 1 aliphatic rings. The van der Waals surface area contributed by atoms with Gasteiger partial charge in [0.1, 0.15) is 0 Å². The van der Waals surface area contributed by atoms with E-state index in [0.29, 0.717) is 31.5 Å². The average Bonchev–Trinajstić information content (AvgIpc) is 2.77. The molecule has 3 rings (SSSR count). The Balaban J connectivity index is 1.60. The Morgan fingerprint density at radius 1 is 1.00 bits per heavy atom. The van der Waals surface area contributed by atoms with E-state index in [1.54, 1.807) is 24.5 Å². The molecule has 5 heteroatoms. The van der Waals surface area contributed by atoms with Crippen LogP contribution in [-0.2, 0) is 10.2 Å². The van der Waals surface area contributed by atoms with Gasteiger partial charge in [-0.25, -0.2) is 0 Å². The van der Waals surface area contributed by atoms with Gasteiger partial charge in [-0.15, -0.1) is 0 Å². The lowest BCUT2D eigenvalue weighted by Gasteiger charge is -2.33. The van der Waals surface area contributed by atoms with Crippen molar-refractivity contribution in [2.75, 3.05) is 13.1 Å². The fourth-order valence-corrected chi connectivity index (χ4v) is 4.12. The summed E-state index contributed by atoms with van der Waals surface area (Å²) in [5.41, 5.74) is 3.19. The highest BCUT2D eigenvalue weighted by Crippen LogP contribution is 2.28. The zero-order valence-electron chi connectivity index (χ0n) is 19.4. The molecule has 0 aliphatic carbocycles. The molecular formula is C26H35N3O2. The maximum atomic E-state index is 13.0. The Hall–Kier alpha value is -2.69. The van der Waals surface area contributed by atoms with Gasteiger partial charge in [0, 0.05) is 37.0 Å². The Morgan fingerprint density at radius 2 is 1.58 bits per heavy atom. The van der Waals surface area contributed by atoms with Crippen LogP contribution in [0.5, 0.6) is 0 Å². The second-order valence-electron chi connectivity index (χ2n) is 9.90. The van der Waals surface area contributed by atoms with Crippen molar-refractivity contribution in [1.82, 2.24) is 15.2 Å². The molecule has 0 bridgehead atoms. The Kier molecular flexibility index (Phi) is 7.14. The molecule has 0 unspecified atom stereocenters. The Bertz CT molecular complexity index is 877. The number of pyridine rings is 1. The van der Waals surface area contributed by atoms with Gasteiger partial charge in [-0.05, 0) is 47.4 Å². The number of hydrogen-bond acceptors (Lipinski definition) is 3. The first-order valence-electron chi connectivity index (χ1n) is 11.3. The molecule has 1 aromatic carbocycles. The van der Waals surface area contributed by atoms with Crippen LogP contribution < -0.4 is 5.32 Å². The predicted molar refractivity (Wildman–Crippen MR) is 124 cm³/mol. The summed E-state index contributed by atoms with van der Waals surface area (Å²) >= 11 is 0. The standard InChI is InChI=1S/C26H35N3O2/c1-18(2)23(19-6-8-22(9-7-19)26(3,4)5)28-24(30)20-12-16-29(17-13-20)25(31)21-10-14-27-15-11-21/h6-11,14-15,18,20,23H,12-13,16-17H2,1-5H3,(H,28,30)/t23-/m0/s1. The molecule has 2 heterocycles. The first-order valence-corrected chi connectivity index (χ1v) is 11.3. The van der Waals surface area contributed by atoms with Crippen LogP contribution in [0.1, 0.15) is 75.0 Å². The molecule has 1 N–H and O–H groups in total. The second-order valence-corrected chi connectivity index (χ2v) is 9.90. The summed E-state index contributed by atoms with van der Waals surface area (Å²) < 4.78 is 0. The second kappa shape index (κ2) is 9.63. The minimum Gasteiger partial charge on any atom is -0.349 e. The number of likely N-dealkylation sites (tertiary alicyclic amines) is 1. The molecule has 5 nitrogen and oxygen atoms in total. The van der Waals surface area contributed by atoms with Gasteiger partial charge in [-0.3, -0.25) is 14.6 Å². The maximum absolute atomic E-state index is 13.0. The molecule has 2 aromatic rings. The zero-order valence-corrected chi connectivity index (χ0v) is 19.4. The molecule has 166 valence electrons. The van der Waals surface area contributed by atoms with E-state index < -0.39 is 0 Å². The highest BCUT2D eigenvalue weighted by atomic mass is 16.2. The third-order valence-electron chi connectivity index (χ3n) is 6.18. The van der Waals surface area contributed by atoms with Gasteiger partial charge in [0.05, 0.1) is 6.04 Å². The van der Waals surface area contributed by atoms with E-state index in [2.05, 4.69) is 69.2 Å². The van der Waals surface area contributed by atoms with Crippen molar-refractivity contribution in [2.45, 2.75) is 58.9 Å². The highest BCUT2D eigenvalue weighted by Gasteiger charge is 2.30. The molecule has 0 saturated carbocycles. The third-order valence-corrected chi connectivity index (χ3v) is 6.18. The van der Waals surface area contributed by atoms with Crippen LogP contribution in [0.4, 0.5) is 0 Å². The third kappa shape index (κ3) is 5.72. The maximum Gasteiger partial charge on any atom is 0.253 e. The normalized spacial score (nSPS) is 16.3. The van der Waals surface area contributed by atoms with Crippen LogP contribution in [0.2, 0.25) is 0 Å². The van der Waals surface area contributed by atoms with Crippen LogP contribution in [0.15, 0.2) is 48.8 Å². The summed E-state index contributed by atoms with van der Waals surface area (Å²) in [6, 6.07) is 12.1. The fraction of sp³-hybridized carbons (Fsp3) is 0.500. The number of carbonyl (C=O) groups excluding carboxylic acids is 2. The number of amides is 2. The van der Waals surface area contributed by atoms with Crippen LogP contribution >= 0.6 is 0 Å². The molecule has 2 amide bonds. The number of nitrogens with zero attached hydrogens (tertiary/aromatic N) is 2. The molecule has 1 aliphatic heterocycles. The lowest BCUT2D eigenvalue weighted by molar-refractivity contribution is -0.127. The summed E-state index contributed by atoms with van der Waals surface area (Å²) in [7, 11) is 0. The first kappa shape index (κ1) is 23.0. The van der Waals surface area contributed by atoms with Crippen molar-refractivity contribution in [1.29, 1.82) is 0 Å². The molecule has 1 saturated heterocycles. The van der Waals surface area contributed by atoms with Gasteiger partial charge in [0.25, 0.3) is 5.91 Å². The van der Waals surface area contributed by atoms with Crippen molar-refractivity contribution >= 4 is 11.8 Å². The van der Waals surface area contributed by atoms with E-state index in [-0.39, 0.29) is 35.1 Å².